The van der Waals surface area contributed by atoms with Crippen LogP contribution in [0.25, 0.3) is 0 Å². The minimum absolute atomic E-state index is 0.110. The molecule has 180 valence electrons. The first kappa shape index (κ1) is 27.8. The number of carbonyl (C=O) groups is 3. The van der Waals surface area contributed by atoms with Gasteiger partial charge in [-0.3, -0.25) is 0 Å². The fourth-order valence-corrected chi connectivity index (χ4v) is 4.44. The first-order chi connectivity index (χ1) is 14.6. The van der Waals surface area contributed by atoms with Gasteiger partial charge < -0.3 is 19.9 Å². The lowest BCUT2D eigenvalue weighted by molar-refractivity contribution is -0.145. The van der Waals surface area contributed by atoms with E-state index < -0.39 is 23.7 Å². The van der Waals surface area contributed by atoms with E-state index in [-0.39, 0.29) is 33.0 Å². The second-order valence-corrected chi connectivity index (χ2v) is 10.7. The van der Waals surface area contributed by atoms with Gasteiger partial charge >= 0.3 is 18.0 Å². The normalized spacial score (nSPS) is 18.9. The Morgan fingerprint density at radius 2 is 1.65 bits per heavy atom. The summed E-state index contributed by atoms with van der Waals surface area (Å²) < 4.78 is 14.4. The molecule has 1 amide bonds. The monoisotopic (exact) mass is 554 g/mol. The van der Waals surface area contributed by atoms with Crippen molar-refractivity contribution in [1.82, 2.24) is 5.32 Å². The summed E-state index contributed by atoms with van der Waals surface area (Å²) in [6, 6.07) is -0.992. The van der Waals surface area contributed by atoms with E-state index in [2.05, 4.69) is 13.4 Å². The minimum Gasteiger partial charge on any atom is -0.480 e. The maximum Gasteiger partial charge on any atom is 0.408 e. The lowest BCUT2D eigenvalue weighted by Crippen LogP contribution is -2.45. The zero-order valence-corrected chi connectivity index (χ0v) is 21.6. The van der Waals surface area contributed by atoms with Gasteiger partial charge in [-0.25, -0.2) is 17.5 Å². The van der Waals surface area contributed by atoms with Crippen molar-refractivity contribution in [2.75, 3.05) is 11.5 Å². The Morgan fingerprint density at radius 3 is 2.03 bits per heavy atom. The third-order valence-corrected chi connectivity index (χ3v) is 6.57. The van der Waals surface area contributed by atoms with E-state index in [4.69, 9.17) is 14.6 Å². The molecule has 0 saturated heterocycles. The van der Waals surface area contributed by atoms with Gasteiger partial charge in [0.05, 0.1) is 6.61 Å². The van der Waals surface area contributed by atoms with Gasteiger partial charge in [0, 0.05) is 0 Å². The molecule has 2 atom stereocenters. The summed E-state index contributed by atoms with van der Waals surface area (Å²) in [6.45, 7) is 7.55. The number of carboxylic acid groups (broad SMARTS) is 1. The van der Waals surface area contributed by atoms with Crippen LogP contribution >= 0.6 is 21.0 Å². The summed E-state index contributed by atoms with van der Waals surface area (Å²) in [6.07, 6.45) is 7.89. The van der Waals surface area contributed by atoms with E-state index in [1.54, 1.807) is 20.8 Å². The summed E-state index contributed by atoms with van der Waals surface area (Å²) in [4.78, 5) is 36.1. The van der Waals surface area contributed by atoms with Gasteiger partial charge in [-0.2, -0.15) is 0 Å². The van der Waals surface area contributed by atoms with Gasteiger partial charge in [-0.15, -0.1) is 0 Å². The van der Waals surface area contributed by atoms with Crippen LogP contribution in [0, 0.1) is 11.8 Å². The molecule has 2 unspecified atom stereocenters. The van der Waals surface area contributed by atoms with Crippen molar-refractivity contribution in [1.29, 1.82) is 0 Å². The highest BCUT2D eigenvalue weighted by atomic mass is 127. The number of ether oxygens (including phenoxy) is 2. The number of carboxylic acids is 1. The highest BCUT2D eigenvalue weighted by Crippen LogP contribution is 2.32. The molecule has 0 aromatic carbocycles. The molecule has 9 heteroatoms. The maximum absolute atomic E-state index is 11.5. The number of hydrogen-bond acceptors (Lipinski definition) is 6. The molecule has 0 aliphatic heterocycles. The van der Waals surface area contributed by atoms with Crippen LogP contribution in [0.5, 0.6) is 0 Å². The molecule has 31 heavy (non-hydrogen) atoms. The smallest absolute Gasteiger partial charge is 0.408 e. The molecule has 2 rings (SSSR count). The number of hydrogen-bond donors (Lipinski definition) is 2. The van der Waals surface area contributed by atoms with Gasteiger partial charge in [0.1, 0.15) is 11.6 Å². The van der Waals surface area contributed by atoms with Crippen molar-refractivity contribution in [2.45, 2.75) is 96.7 Å². The SMILES string of the molecule is CC(C)(C)OC(=O)NC(CC1CCC1)C(=O)O.CCOC(=O)C(CC1CCC1)N=IC. The number of halogens is 1. The van der Waals surface area contributed by atoms with E-state index in [1.165, 1.54) is 19.3 Å². The molecule has 0 aromatic heterocycles. The number of rotatable bonds is 9. The standard InChI is InChI=1S/C12H21NO4.C10H18INO2/c1-12(2,3)17-11(16)13-9(10(14)15)7-8-5-4-6-8;1-3-14-10(13)9(12-11-2)7-8-5-4-6-8/h8-9H,4-7H2,1-3H3,(H,13,16)(H,14,15);8-9H,3-7H2,1-2H3. The van der Waals surface area contributed by atoms with Gasteiger partial charge in [0.15, 0.2) is 6.04 Å². The molecule has 0 aromatic rings. The van der Waals surface area contributed by atoms with Gasteiger partial charge in [0.25, 0.3) is 0 Å². The Labute approximate surface area is 196 Å². The highest BCUT2D eigenvalue weighted by molar-refractivity contribution is 14.2. The number of nitrogens with zero attached hydrogens (tertiary/aromatic N) is 1. The van der Waals surface area contributed by atoms with E-state index in [0.717, 1.165) is 31.6 Å². The number of nitrogens with one attached hydrogen (secondary N) is 1. The number of amides is 1. The molecule has 2 aliphatic rings. The molecule has 2 N–H and O–H groups in total. The summed E-state index contributed by atoms with van der Waals surface area (Å²) in [5, 5.41) is 11.4. The third kappa shape index (κ3) is 11.8. The fraction of sp³-hybridized carbons (Fsp3) is 0.864. The van der Waals surface area contributed by atoms with Crippen molar-refractivity contribution >= 4 is 39.1 Å². The quantitative estimate of drug-likeness (QED) is 0.234. The van der Waals surface area contributed by atoms with Crippen LogP contribution in [0.4, 0.5) is 4.79 Å². The molecule has 0 bridgehead atoms. The number of alkyl carbamates (subject to hydrolysis) is 1. The summed E-state index contributed by atoms with van der Waals surface area (Å²) in [5.74, 6) is 0.0402. The molecule has 2 aliphatic carbocycles. The Balaban J connectivity index is 0.000000316. The van der Waals surface area contributed by atoms with Gasteiger partial charge in [-0.05, 0) is 78.3 Å². The summed E-state index contributed by atoms with van der Waals surface area (Å²) in [7, 11) is 0. The molecule has 0 radical (unpaired) electrons. The molecule has 0 heterocycles. The molecular formula is C22H39IN2O6. The summed E-state index contributed by atoms with van der Waals surface area (Å²) >= 11 is -0.167. The molecular weight excluding hydrogens is 515 g/mol. The lowest BCUT2D eigenvalue weighted by atomic mass is 9.81. The Morgan fingerprint density at radius 1 is 1.10 bits per heavy atom. The average molecular weight is 554 g/mol. The van der Waals surface area contributed by atoms with E-state index in [1.807, 2.05) is 6.92 Å². The van der Waals surface area contributed by atoms with Crippen molar-refractivity contribution in [3.05, 3.63) is 0 Å². The minimum atomic E-state index is -0.997. The fourth-order valence-electron chi connectivity index (χ4n) is 3.31. The number of alkyl halides is 1. The number of aliphatic carboxylic acids is 1. The van der Waals surface area contributed by atoms with E-state index >= 15 is 0 Å². The van der Waals surface area contributed by atoms with Crippen molar-refractivity contribution < 1.29 is 29.0 Å². The second kappa shape index (κ2) is 14.0. The number of carbonyl (C=O) groups excluding carboxylic acids is 2. The van der Waals surface area contributed by atoms with Gasteiger partial charge in [0.2, 0.25) is 0 Å². The summed E-state index contributed by atoms with van der Waals surface area (Å²) in [5.41, 5.74) is -0.608. The first-order valence-electron chi connectivity index (χ1n) is 11.1. The zero-order valence-electron chi connectivity index (χ0n) is 19.5. The lowest BCUT2D eigenvalue weighted by Gasteiger charge is -2.29. The highest BCUT2D eigenvalue weighted by Gasteiger charge is 2.29. The average Bonchev–Trinajstić information content (AvgIpc) is 2.57. The van der Waals surface area contributed by atoms with Crippen LogP contribution in [0.3, 0.4) is 0 Å². The van der Waals surface area contributed by atoms with Crippen molar-refractivity contribution in [3.8, 4) is 0 Å². The molecule has 2 fully saturated rings. The predicted molar refractivity (Wildman–Crippen MR) is 128 cm³/mol. The first-order valence-corrected chi connectivity index (χ1v) is 14.3. The van der Waals surface area contributed by atoms with Crippen LogP contribution in [0.15, 0.2) is 3.15 Å². The third-order valence-electron chi connectivity index (χ3n) is 5.34. The predicted octanol–water partition coefficient (Wildman–Crippen LogP) is 5.05. The largest absolute Gasteiger partial charge is 0.480 e. The zero-order chi connectivity index (χ0) is 23.4. The van der Waals surface area contributed by atoms with Crippen LogP contribution in [-0.4, -0.2) is 52.4 Å². The van der Waals surface area contributed by atoms with Crippen LogP contribution in [0.1, 0.15) is 79.1 Å². The second-order valence-electron chi connectivity index (χ2n) is 9.14. The topological polar surface area (TPSA) is 114 Å². The molecule has 0 spiro atoms. The Kier molecular flexibility index (Phi) is 12.5. The van der Waals surface area contributed by atoms with Gasteiger partial charge in [-0.1, -0.05) is 38.5 Å². The van der Waals surface area contributed by atoms with Crippen LogP contribution < -0.4 is 5.32 Å². The van der Waals surface area contributed by atoms with E-state index in [0.29, 0.717) is 18.9 Å². The Bertz CT molecular complexity index is 612. The Hall–Kier alpha value is -1.26. The molecule has 2 saturated carbocycles. The maximum atomic E-state index is 11.5. The van der Waals surface area contributed by atoms with Crippen molar-refractivity contribution in [2.24, 2.45) is 15.0 Å². The van der Waals surface area contributed by atoms with Crippen LogP contribution in [-0.2, 0) is 19.1 Å². The van der Waals surface area contributed by atoms with E-state index in [9.17, 15) is 14.4 Å². The van der Waals surface area contributed by atoms with Crippen molar-refractivity contribution in [3.63, 3.8) is 0 Å². The number of esters is 1. The van der Waals surface area contributed by atoms with Crippen LogP contribution in [0.2, 0.25) is 0 Å². The molecule has 8 nitrogen and oxygen atoms in total.